The third-order valence-electron chi connectivity index (χ3n) is 5.97. The van der Waals surface area contributed by atoms with E-state index in [4.69, 9.17) is 21.1 Å². The van der Waals surface area contributed by atoms with Crippen molar-refractivity contribution in [1.29, 1.82) is 0 Å². The molecule has 0 atom stereocenters. The highest BCUT2D eigenvalue weighted by molar-refractivity contribution is 9.10. The lowest BCUT2D eigenvalue weighted by atomic mass is 10.1. The Morgan fingerprint density at radius 1 is 1.03 bits per heavy atom. The van der Waals surface area contributed by atoms with Crippen molar-refractivity contribution in [3.05, 3.63) is 56.5 Å². The molecule has 0 saturated carbocycles. The van der Waals surface area contributed by atoms with Gasteiger partial charge in [-0.25, -0.2) is 9.69 Å². The summed E-state index contributed by atoms with van der Waals surface area (Å²) >= 11 is 9.74. The molecule has 0 bridgehead atoms. The Balaban J connectivity index is 1.85. The molecule has 0 aromatic heterocycles. The molecule has 1 N–H and O–H groups in total. The molecule has 37 heavy (non-hydrogen) atoms. The van der Waals surface area contributed by atoms with Crippen LogP contribution in [0.15, 0.2) is 40.4 Å². The topological polar surface area (TPSA) is 84.9 Å². The van der Waals surface area contributed by atoms with E-state index < -0.39 is 17.8 Å². The molecule has 9 heteroatoms. The normalized spacial score (nSPS) is 14.8. The van der Waals surface area contributed by atoms with Gasteiger partial charge in [-0.1, -0.05) is 56.7 Å². The van der Waals surface area contributed by atoms with Gasteiger partial charge in [-0.05, 0) is 77.7 Å². The van der Waals surface area contributed by atoms with Gasteiger partial charge in [-0.2, -0.15) is 0 Å². The number of imide groups is 2. The van der Waals surface area contributed by atoms with Gasteiger partial charge in [0.1, 0.15) is 5.57 Å². The molecular weight excluding hydrogens is 560 g/mol. The SMILES string of the molecule is CCCCCCCCOc1c(Br)cc(/C=C2/C(=O)NC(=O)N(c3cccc(Cl)c3C)C2=O)cc1OCC. The lowest BCUT2D eigenvalue weighted by Crippen LogP contribution is -2.54. The molecular formula is C28H32BrClN2O5. The van der Waals surface area contributed by atoms with Crippen LogP contribution in [0.4, 0.5) is 10.5 Å². The number of halogens is 2. The van der Waals surface area contributed by atoms with Gasteiger partial charge in [-0.3, -0.25) is 14.9 Å². The highest BCUT2D eigenvalue weighted by Crippen LogP contribution is 2.38. The largest absolute Gasteiger partial charge is 0.490 e. The number of nitrogens with zero attached hydrogens (tertiary/aromatic N) is 1. The quantitative estimate of drug-likeness (QED) is 0.160. The molecule has 7 nitrogen and oxygen atoms in total. The maximum absolute atomic E-state index is 13.3. The van der Waals surface area contributed by atoms with E-state index in [9.17, 15) is 14.4 Å². The smallest absolute Gasteiger partial charge is 0.335 e. The van der Waals surface area contributed by atoms with E-state index in [1.807, 2.05) is 6.92 Å². The van der Waals surface area contributed by atoms with Gasteiger partial charge in [0.15, 0.2) is 11.5 Å². The fourth-order valence-electron chi connectivity index (χ4n) is 4.01. The first kappa shape index (κ1) is 28.7. The van der Waals surface area contributed by atoms with Gasteiger partial charge in [0.25, 0.3) is 11.8 Å². The first-order valence-electron chi connectivity index (χ1n) is 12.5. The lowest BCUT2D eigenvalue weighted by Gasteiger charge is -2.27. The van der Waals surface area contributed by atoms with Gasteiger partial charge >= 0.3 is 6.03 Å². The highest BCUT2D eigenvalue weighted by atomic mass is 79.9. The standard InChI is InChI=1S/C28H32BrClN2O5/c1-4-6-7-8-9-10-14-37-25-21(29)16-19(17-24(25)36-5-2)15-20-26(33)31-28(35)32(27(20)34)23-13-11-12-22(30)18(23)3/h11-13,15-17H,4-10,14H2,1-3H3,(H,31,33,35)/b20-15-. The molecule has 0 radical (unpaired) electrons. The number of benzene rings is 2. The Hall–Kier alpha value is -2.84. The van der Waals surface area contributed by atoms with E-state index in [0.717, 1.165) is 17.7 Å². The minimum Gasteiger partial charge on any atom is -0.490 e. The fourth-order valence-corrected chi connectivity index (χ4v) is 4.76. The zero-order valence-corrected chi connectivity index (χ0v) is 23.7. The molecule has 1 fully saturated rings. The number of unbranched alkanes of at least 4 members (excludes halogenated alkanes) is 5. The van der Waals surface area contributed by atoms with E-state index >= 15 is 0 Å². The van der Waals surface area contributed by atoms with Crippen LogP contribution in [-0.2, 0) is 9.59 Å². The minimum absolute atomic E-state index is 0.186. The number of carbonyl (C=O) groups excluding carboxylic acids is 3. The number of ether oxygens (including phenoxy) is 2. The first-order chi connectivity index (χ1) is 17.8. The van der Waals surface area contributed by atoms with E-state index in [2.05, 4.69) is 28.2 Å². The molecule has 198 valence electrons. The summed E-state index contributed by atoms with van der Waals surface area (Å²) in [5.74, 6) is -0.444. The van der Waals surface area contributed by atoms with Crippen molar-refractivity contribution in [3.63, 3.8) is 0 Å². The second kappa shape index (κ2) is 13.6. The molecule has 1 heterocycles. The Bertz CT molecular complexity index is 1200. The average Bonchev–Trinajstić information content (AvgIpc) is 2.85. The minimum atomic E-state index is -0.827. The molecule has 0 spiro atoms. The lowest BCUT2D eigenvalue weighted by molar-refractivity contribution is -0.122. The van der Waals surface area contributed by atoms with Crippen LogP contribution in [0.25, 0.3) is 6.08 Å². The molecule has 1 aliphatic heterocycles. The Morgan fingerprint density at radius 2 is 1.76 bits per heavy atom. The number of nitrogens with one attached hydrogen (secondary N) is 1. The Morgan fingerprint density at radius 3 is 2.49 bits per heavy atom. The summed E-state index contributed by atoms with van der Waals surface area (Å²) in [4.78, 5) is 39.4. The van der Waals surface area contributed by atoms with Crippen molar-refractivity contribution >= 4 is 57.1 Å². The summed E-state index contributed by atoms with van der Waals surface area (Å²) < 4.78 is 12.5. The molecule has 0 unspecified atom stereocenters. The van der Waals surface area contributed by atoms with Gasteiger partial charge < -0.3 is 9.47 Å². The molecule has 2 aromatic rings. The van der Waals surface area contributed by atoms with E-state index in [-0.39, 0.29) is 5.57 Å². The number of rotatable bonds is 12. The van der Waals surface area contributed by atoms with E-state index in [0.29, 0.717) is 51.0 Å². The number of hydrogen-bond donors (Lipinski definition) is 1. The molecule has 3 rings (SSSR count). The number of barbiturate groups is 1. The van der Waals surface area contributed by atoms with Crippen LogP contribution in [0.5, 0.6) is 11.5 Å². The summed E-state index contributed by atoms with van der Waals surface area (Å²) in [6.07, 6.45) is 8.36. The zero-order chi connectivity index (χ0) is 26.9. The maximum atomic E-state index is 13.3. The average molecular weight is 592 g/mol. The zero-order valence-electron chi connectivity index (χ0n) is 21.4. The van der Waals surface area contributed by atoms with Crippen molar-refractivity contribution in [2.45, 2.75) is 59.3 Å². The predicted molar refractivity (Wildman–Crippen MR) is 149 cm³/mol. The summed E-state index contributed by atoms with van der Waals surface area (Å²) in [7, 11) is 0. The highest BCUT2D eigenvalue weighted by Gasteiger charge is 2.37. The summed E-state index contributed by atoms with van der Waals surface area (Å²) in [6, 6.07) is 7.54. The van der Waals surface area contributed by atoms with Crippen molar-refractivity contribution in [2.75, 3.05) is 18.1 Å². The monoisotopic (exact) mass is 590 g/mol. The number of urea groups is 1. The van der Waals surface area contributed by atoms with Gasteiger partial charge in [0.05, 0.1) is 23.4 Å². The maximum Gasteiger partial charge on any atom is 0.335 e. The molecule has 1 aliphatic rings. The van der Waals surface area contributed by atoms with E-state index in [1.54, 1.807) is 37.3 Å². The van der Waals surface area contributed by atoms with Crippen molar-refractivity contribution in [1.82, 2.24) is 5.32 Å². The van der Waals surface area contributed by atoms with Crippen LogP contribution in [0, 0.1) is 6.92 Å². The third-order valence-corrected chi connectivity index (χ3v) is 6.97. The Kier molecular flexibility index (Phi) is 10.6. The van der Waals surface area contributed by atoms with Crippen LogP contribution in [0.2, 0.25) is 5.02 Å². The van der Waals surface area contributed by atoms with Crippen LogP contribution in [-0.4, -0.2) is 31.1 Å². The van der Waals surface area contributed by atoms with Crippen molar-refractivity contribution in [2.24, 2.45) is 0 Å². The molecule has 4 amide bonds. The van der Waals surface area contributed by atoms with Gasteiger partial charge in [0.2, 0.25) is 0 Å². The molecule has 0 aliphatic carbocycles. The van der Waals surface area contributed by atoms with Crippen molar-refractivity contribution < 1.29 is 23.9 Å². The Labute approximate surface area is 231 Å². The summed E-state index contributed by atoms with van der Waals surface area (Å²) in [5.41, 5.74) is 1.21. The van der Waals surface area contributed by atoms with E-state index in [1.165, 1.54) is 31.8 Å². The van der Waals surface area contributed by atoms with Crippen molar-refractivity contribution in [3.8, 4) is 11.5 Å². The summed E-state index contributed by atoms with van der Waals surface area (Å²) in [6.45, 7) is 6.73. The number of amides is 4. The first-order valence-corrected chi connectivity index (χ1v) is 13.7. The number of carbonyl (C=O) groups is 3. The van der Waals surface area contributed by atoms with Gasteiger partial charge in [-0.15, -0.1) is 0 Å². The van der Waals surface area contributed by atoms with Crippen LogP contribution in [0.3, 0.4) is 0 Å². The fraction of sp³-hybridized carbons (Fsp3) is 0.393. The number of hydrogen-bond acceptors (Lipinski definition) is 5. The second-order valence-electron chi connectivity index (χ2n) is 8.72. The third kappa shape index (κ3) is 7.14. The molecule has 2 aromatic carbocycles. The number of anilines is 1. The van der Waals surface area contributed by atoms with Crippen LogP contribution >= 0.6 is 27.5 Å². The van der Waals surface area contributed by atoms with Crippen LogP contribution in [0.1, 0.15) is 63.5 Å². The summed E-state index contributed by atoms with van der Waals surface area (Å²) in [5, 5.41) is 2.65. The predicted octanol–water partition coefficient (Wildman–Crippen LogP) is 7.22. The second-order valence-corrected chi connectivity index (χ2v) is 9.98. The van der Waals surface area contributed by atoms with Gasteiger partial charge in [0, 0.05) is 5.02 Å². The molecule has 1 saturated heterocycles. The van der Waals surface area contributed by atoms with Crippen LogP contribution < -0.4 is 19.7 Å².